The first kappa shape index (κ1) is 18.5. The van der Waals surface area contributed by atoms with Crippen LogP contribution in [-0.2, 0) is 0 Å². The Hall–Kier alpha value is -0.520. The van der Waals surface area contributed by atoms with E-state index in [9.17, 15) is 5.11 Å². The van der Waals surface area contributed by atoms with Crippen LogP contribution >= 0.6 is 23.2 Å². The highest BCUT2D eigenvalue weighted by atomic mass is 35.5. The summed E-state index contributed by atoms with van der Waals surface area (Å²) in [5, 5.41) is 13.1. The first-order valence-electron chi connectivity index (χ1n) is 7.47. The number of quaternary nitrogens is 2. The lowest BCUT2D eigenvalue weighted by Gasteiger charge is -2.15. The van der Waals surface area contributed by atoms with Crippen LogP contribution in [0, 0.1) is 0 Å². The second-order valence-electron chi connectivity index (χ2n) is 5.06. The molecular formula is C15H26Cl2N2O2+2. The third-order valence-corrected chi connectivity index (χ3v) is 4.01. The predicted molar refractivity (Wildman–Crippen MR) is 86.5 cm³/mol. The van der Waals surface area contributed by atoms with Gasteiger partial charge in [-0.2, -0.15) is 0 Å². The number of hydrogen-bond acceptors (Lipinski definition) is 2. The molecule has 0 aliphatic heterocycles. The second kappa shape index (κ2) is 10.2. The second-order valence-corrected chi connectivity index (χ2v) is 5.90. The molecule has 0 unspecified atom stereocenters. The molecule has 21 heavy (non-hydrogen) atoms. The number of aliphatic hydroxyl groups excluding tert-OH is 1. The lowest BCUT2D eigenvalue weighted by atomic mass is 10.3. The molecule has 120 valence electrons. The van der Waals surface area contributed by atoms with Crippen LogP contribution in [0.5, 0.6) is 5.75 Å². The van der Waals surface area contributed by atoms with E-state index in [1.807, 2.05) is 0 Å². The number of likely N-dealkylation sites (N-methyl/N-ethyl adjacent to an activating group) is 1. The monoisotopic (exact) mass is 336 g/mol. The lowest BCUT2D eigenvalue weighted by Crippen LogP contribution is -3.14. The third kappa shape index (κ3) is 7.34. The van der Waals surface area contributed by atoms with Crippen molar-refractivity contribution in [3.8, 4) is 5.75 Å². The maximum atomic E-state index is 9.91. The molecule has 0 spiro atoms. The van der Waals surface area contributed by atoms with Gasteiger partial charge >= 0.3 is 0 Å². The van der Waals surface area contributed by atoms with E-state index in [1.54, 1.807) is 23.1 Å². The van der Waals surface area contributed by atoms with Crippen molar-refractivity contribution in [1.29, 1.82) is 0 Å². The van der Waals surface area contributed by atoms with Crippen LogP contribution in [0.4, 0.5) is 0 Å². The van der Waals surface area contributed by atoms with E-state index in [0.717, 1.165) is 26.2 Å². The van der Waals surface area contributed by atoms with Crippen molar-refractivity contribution in [3.63, 3.8) is 0 Å². The van der Waals surface area contributed by atoms with Gasteiger partial charge in [0.15, 0.2) is 0 Å². The number of hydrogen-bond donors (Lipinski definition) is 3. The molecule has 0 aromatic heterocycles. The Morgan fingerprint density at radius 3 is 2.67 bits per heavy atom. The first-order valence-corrected chi connectivity index (χ1v) is 8.23. The molecule has 0 radical (unpaired) electrons. The number of nitrogens with two attached hydrogens (primary N) is 1. The van der Waals surface area contributed by atoms with Crippen molar-refractivity contribution in [1.82, 2.24) is 0 Å². The minimum atomic E-state index is -0.522. The number of nitrogens with one attached hydrogen (secondary N) is 1. The number of ether oxygens (including phenoxy) is 1. The summed E-state index contributed by atoms with van der Waals surface area (Å²) < 4.78 is 5.51. The highest BCUT2D eigenvalue weighted by Crippen LogP contribution is 2.27. The molecule has 0 fully saturated rings. The van der Waals surface area contributed by atoms with Crippen LogP contribution in [0.15, 0.2) is 18.2 Å². The SMILES string of the molecule is CC[NH+](CC)CC[NH2+]C[C@H](O)COc1cc(Cl)ccc1Cl. The lowest BCUT2D eigenvalue weighted by molar-refractivity contribution is -0.909. The Balaban J connectivity index is 2.22. The Morgan fingerprint density at radius 2 is 2.00 bits per heavy atom. The predicted octanol–water partition coefficient (Wildman–Crippen LogP) is 0.221. The zero-order chi connectivity index (χ0) is 15.7. The number of aliphatic hydroxyl groups is 1. The summed E-state index contributed by atoms with van der Waals surface area (Å²) in [7, 11) is 0. The molecule has 4 N–H and O–H groups in total. The van der Waals surface area contributed by atoms with Gasteiger partial charge < -0.3 is 20.1 Å². The molecule has 4 nitrogen and oxygen atoms in total. The van der Waals surface area contributed by atoms with E-state index in [0.29, 0.717) is 22.3 Å². The van der Waals surface area contributed by atoms with E-state index in [4.69, 9.17) is 27.9 Å². The molecule has 0 saturated heterocycles. The van der Waals surface area contributed by atoms with Gasteiger partial charge in [0, 0.05) is 11.1 Å². The summed E-state index contributed by atoms with van der Waals surface area (Å²) in [5.41, 5.74) is 0. The average Bonchev–Trinajstić information content (AvgIpc) is 2.48. The van der Waals surface area contributed by atoms with Crippen molar-refractivity contribution in [2.75, 3.05) is 39.3 Å². The summed E-state index contributed by atoms with van der Waals surface area (Å²) in [6, 6.07) is 5.05. The fraction of sp³-hybridized carbons (Fsp3) is 0.600. The smallest absolute Gasteiger partial charge is 0.139 e. The van der Waals surface area contributed by atoms with Crippen LogP contribution in [0.25, 0.3) is 0 Å². The van der Waals surface area contributed by atoms with Gasteiger partial charge in [0.25, 0.3) is 0 Å². The Bertz CT molecular complexity index is 415. The molecule has 6 heteroatoms. The fourth-order valence-electron chi connectivity index (χ4n) is 2.06. The summed E-state index contributed by atoms with van der Waals surface area (Å²) in [6.45, 7) is 9.62. The molecule has 0 bridgehead atoms. The highest BCUT2D eigenvalue weighted by Gasteiger charge is 2.10. The topological polar surface area (TPSA) is 50.5 Å². The van der Waals surface area contributed by atoms with E-state index in [1.165, 1.54) is 0 Å². The molecule has 0 heterocycles. The van der Waals surface area contributed by atoms with Crippen LogP contribution < -0.4 is 15.0 Å². The Kier molecular flexibility index (Phi) is 9.04. The van der Waals surface area contributed by atoms with E-state index < -0.39 is 6.10 Å². The fourth-order valence-corrected chi connectivity index (χ4v) is 2.40. The highest BCUT2D eigenvalue weighted by molar-refractivity contribution is 6.34. The summed E-state index contributed by atoms with van der Waals surface area (Å²) in [4.78, 5) is 1.57. The Morgan fingerprint density at radius 1 is 1.29 bits per heavy atom. The molecular weight excluding hydrogens is 311 g/mol. The normalized spacial score (nSPS) is 12.7. The third-order valence-electron chi connectivity index (χ3n) is 3.47. The zero-order valence-corrected chi connectivity index (χ0v) is 14.3. The quantitative estimate of drug-likeness (QED) is 0.535. The van der Waals surface area contributed by atoms with E-state index in [-0.39, 0.29) is 6.61 Å². The van der Waals surface area contributed by atoms with Gasteiger partial charge in [0.05, 0.1) is 18.1 Å². The molecule has 1 aromatic carbocycles. The standard InChI is InChI=1S/C15H24Cl2N2O2/c1-3-19(4-2)8-7-18-10-13(20)11-21-15-9-12(16)5-6-14(15)17/h5-6,9,13,18,20H,3-4,7-8,10-11H2,1-2H3/p+2/t13-/m0/s1. The van der Waals surface area contributed by atoms with Crippen molar-refractivity contribution in [2.24, 2.45) is 0 Å². The van der Waals surface area contributed by atoms with Crippen molar-refractivity contribution >= 4 is 23.2 Å². The number of benzene rings is 1. The molecule has 1 aromatic rings. The van der Waals surface area contributed by atoms with Gasteiger partial charge in [-0.15, -0.1) is 0 Å². The number of rotatable bonds is 10. The van der Waals surface area contributed by atoms with Gasteiger partial charge in [-0.3, -0.25) is 0 Å². The van der Waals surface area contributed by atoms with Crippen molar-refractivity contribution in [3.05, 3.63) is 28.2 Å². The number of halogens is 2. The van der Waals surface area contributed by atoms with Crippen molar-refractivity contribution in [2.45, 2.75) is 20.0 Å². The molecule has 1 atom stereocenters. The average molecular weight is 337 g/mol. The van der Waals surface area contributed by atoms with Crippen LogP contribution in [0.3, 0.4) is 0 Å². The maximum absolute atomic E-state index is 9.91. The van der Waals surface area contributed by atoms with E-state index in [2.05, 4.69) is 19.2 Å². The Labute approximate surface area is 137 Å². The summed E-state index contributed by atoms with van der Waals surface area (Å²) >= 11 is 11.9. The minimum Gasteiger partial charge on any atom is -0.489 e. The summed E-state index contributed by atoms with van der Waals surface area (Å²) in [6.07, 6.45) is -0.522. The van der Waals surface area contributed by atoms with Gasteiger partial charge in [-0.1, -0.05) is 23.2 Å². The van der Waals surface area contributed by atoms with Crippen LogP contribution in [0.2, 0.25) is 10.0 Å². The van der Waals surface area contributed by atoms with Crippen molar-refractivity contribution < 1.29 is 20.1 Å². The molecule has 0 amide bonds. The summed E-state index contributed by atoms with van der Waals surface area (Å²) in [5.74, 6) is 0.510. The van der Waals surface area contributed by atoms with Gasteiger partial charge in [-0.05, 0) is 26.0 Å². The zero-order valence-electron chi connectivity index (χ0n) is 12.7. The van der Waals surface area contributed by atoms with Crippen LogP contribution in [-0.4, -0.2) is 50.5 Å². The molecule has 0 aliphatic rings. The minimum absolute atomic E-state index is 0.217. The largest absolute Gasteiger partial charge is 0.489 e. The molecule has 0 saturated carbocycles. The van der Waals surface area contributed by atoms with Gasteiger partial charge in [0.1, 0.15) is 38.1 Å². The van der Waals surface area contributed by atoms with Gasteiger partial charge in [0.2, 0.25) is 0 Å². The first-order chi connectivity index (χ1) is 10.1. The van der Waals surface area contributed by atoms with Crippen LogP contribution in [0.1, 0.15) is 13.8 Å². The molecule has 0 aliphatic carbocycles. The van der Waals surface area contributed by atoms with Gasteiger partial charge in [-0.25, -0.2) is 0 Å². The molecule has 1 rings (SSSR count). The van der Waals surface area contributed by atoms with E-state index >= 15 is 0 Å². The maximum Gasteiger partial charge on any atom is 0.139 e.